The van der Waals surface area contributed by atoms with E-state index in [4.69, 9.17) is 0 Å². The summed E-state index contributed by atoms with van der Waals surface area (Å²) in [7, 11) is 0. The lowest BCUT2D eigenvalue weighted by molar-refractivity contribution is 0.556. The third-order valence-electron chi connectivity index (χ3n) is 4.90. The molecule has 8 heteroatoms. The van der Waals surface area contributed by atoms with Crippen molar-refractivity contribution in [3.63, 3.8) is 0 Å². The van der Waals surface area contributed by atoms with Gasteiger partial charge in [-0.15, -0.1) is 5.10 Å². The second kappa shape index (κ2) is 7.18. The zero-order valence-electron chi connectivity index (χ0n) is 16.9. The van der Waals surface area contributed by atoms with Gasteiger partial charge in [-0.25, -0.2) is 14.6 Å². The Hall–Kier alpha value is -3.03. The number of aryl methyl sites for hydroxylation is 1. The third kappa shape index (κ3) is 3.81. The molecule has 4 heterocycles. The van der Waals surface area contributed by atoms with Crippen molar-refractivity contribution in [3.8, 4) is 5.82 Å². The molecule has 1 aliphatic heterocycles. The molecule has 0 atom stereocenters. The summed E-state index contributed by atoms with van der Waals surface area (Å²) in [5.74, 6) is 3.41. The van der Waals surface area contributed by atoms with Crippen LogP contribution in [0.1, 0.15) is 32.3 Å². The molecule has 0 unspecified atom stereocenters. The van der Waals surface area contributed by atoms with Crippen molar-refractivity contribution >= 4 is 11.6 Å². The summed E-state index contributed by atoms with van der Waals surface area (Å²) in [4.78, 5) is 13.7. The van der Waals surface area contributed by atoms with E-state index in [1.807, 2.05) is 25.3 Å². The summed E-state index contributed by atoms with van der Waals surface area (Å²) in [5.41, 5.74) is 1.03. The zero-order valence-corrected chi connectivity index (χ0v) is 16.9. The number of rotatable bonds is 3. The Morgan fingerprint density at radius 3 is 2.11 bits per heavy atom. The first-order chi connectivity index (χ1) is 13.4. The minimum absolute atomic E-state index is 0.0153. The van der Waals surface area contributed by atoms with Gasteiger partial charge in [0, 0.05) is 50.1 Å². The van der Waals surface area contributed by atoms with Crippen LogP contribution < -0.4 is 9.80 Å². The van der Waals surface area contributed by atoms with Crippen LogP contribution in [-0.2, 0) is 5.41 Å². The average Bonchev–Trinajstić information content (AvgIpc) is 3.22. The van der Waals surface area contributed by atoms with Gasteiger partial charge < -0.3 is 9.80 Å². The van der Waals surface area contributed by atoms with Crippen LogP contribution in [0.2, 0.25) is 0 Å². The van der Waals surface area contributed by atoms with Crippen LogP contribution >= 0.6 is 0 Å². The van der Waals surface area contributed by atoms with E-state index in [1.54, 1.807) is 10.9 Å². The van der Waals surface area contributed by atoms with Gasteiger partial charge in [-0.3, -0.25) is 0 Å². The van der Waals surface area contributed by atoms with Crippen molar-refractivity contribution in [1.82, 2.24) is 29.9 Å². The first kappa shape index (κ1) is 18.3. The molecule has 8 nitrogen and oxygen atoms in total. The molecule has 146 valence electrons. The van der Waals surface area contributed by atoms with Gasteiger partial charge in [0.05, 0.1) is 5.69 Å². The normalized spacial score (nSPS) is 15.1. The molecule has 0 amide bonds. The predicted octanol–water partition coefficient (Wildman–Crippen LogP) is 2.38. The lowest BCUT2D eigenvalue weighted by Gasteiger charge is -2.36. The Morgan fingerprint density at radius 1 is 0.857 bits per heavy atom. The highest BCUT2D eigenvalue weighted by Gasteiger charge is 2.22. The molecule has 0 spiro atoms. The van der Waals surface area contributed by atoms with Crippen LogP contribution in [0.5, 0.6) is 0 Å². The molecule has 3 aromatic heterocycles. The van der Waals surface area contributed by atoms with Crippen molar-refractivity contribution in [2.45, 2.75) is 33.1 Å². The van der Waals surface area contributed by atoms with Gasteiger partial charge in [-0.1, -0.05) is 20.8 Å². The lowest BCUT2D eigenvalue weighted by Crippen LogP contribution is -2.47. The Bertz CT molecular complexity index is 920. The summed E-state index contributed by atoms with van der Waals surface area (Å²) in [6.07, 6.45) is 3.64. The number of hydrogen-bond donors (Lipinski definition) is 0. The topological polar surface area (TPSA) is 75.9 Å². The van der Waals surface area contributed by atoms with E-state index in [2.05, 4.69) is 68.0 Å². The van der Waals surface area contributed by atoms with Crippen LogP contribution in [0.25, 0.3) is 5.82 Å². The quantitative estimate of drug-likeness (QED) is 0.692. The minimum atomic E-state index is 0.0153. The predicted molar refractivity (Wildman–Crippen MR) is 109 cm³/mol. The second-order valence-corrected chi connectivity index (χ2v) is 8.08. The van der Waals surface area contributed by atoms with E-state index in [0.717, 1.165) is 55.2 Å². The molecule has 0 aromatic carbocycles. The highest BCUT2D eigenvalue weighted by Crippen LogP contribution is 2.22. The van der Waals surface area contributed by atoms with Crippen LogP contribution in [0.3, 0.4) is 0 Å². The van der Waals surface area contributed by atoms with Gasteiger partial charge >= 0.3 is 0 Å². The molecule has 1 fully saturated rings. The first-order valence-corrected chi connectivity index (χ1v) is 9.60. The minimum Gasteiger partial charge on any atom is -0.353 e. The van der Waals surface area contributed by atoms with Crippen molar-refractivity contribution in [3.05, 3.63) is 48.2 Å². The molecule has 0 saturated carbocycles. The van der Waals surface area contributed by atoms with Crippen molar-refractivity contribution in [1.29, 1.82) is 0 Å². The second-order valence-electron chi connectivity index (χ2n) is 8.08. The highest BCUT2D eigenvalue weighted by atomic mass is 15.3. The molecular formula is C20H26N8. The van der Waals surface area contributed by atoms with Crippen molar-refractivity contribution in [2.75, 3.05) is 36.0 Å². The fourth-order valence-electron chi connectivity index (χ4n) is 3.28. The fraction of sp³-hybridized carbons (Fsp3) is 0.450. The summed E-state index contributed by atoms with van der Waals surface area (Å²) in [5, 5.41) is 13.1. The maximum atomic E-state index is 4.63. The van der Waals surface area contributed by atoms with Gasteiger partial charge in [-0.05, 0) is 25.1 Å². The highest BCUT2D eigenvalue weighted by molar-refractivity contribution is 5.47. The molecule has 0 N–H and O–H groups in total. The maximum absolute atomic E-state index is 4.63. The SMILES string of the molecule is Cc1nc(N2CCN(c3ccc(C(C)(C)C)nn3)CC2)cc(-n2cccn2)n1. The van der Waals surface area contributed by atoms with Gasteiger partial charge in [-0.2, -0.15) is 10.2 Å². The maximum Gasteiger partial charge on any atom is 0.159 e. The number of nitrogens with zero attached hydrogens (tertiary/aromatic N) is 8. The Morgan fingerprint density at radius 2 is 1.54 bits per heavy atom. The van der Waals surface area contributed by atoms with Crippen LogP contribution in [-0.4, -0.2) is 56.1 Å². The molecule has 28 heavy (non-hydrogen) atoms. The summed E-state index contributed by atoms with van der Waals surface area (Å²) in [6.45, 7) is 11.9. The summed E-state index contributed by atoms with van der Waals surface area (Å²) < 4.78 is 1.76. The molecule has 0 radical (unpaired) electrons. The van der Waals surface area contributed by atoms with Crippen molar-refractivity contribution in [2.24, 2.45) is 0 Å². The monoisotopic (exact) mass is 378 g/mol. The Labute approximate surface area is 165 Å². The van der Waals surface area contributed by atoms with Gasteiger partial charge in [0.25, 0.3) is 0 Å². The van der Waals surface area contributed by atoms with E-state index < -0.39 is 0 Å². The average molecular weight is 378 g/mol. The third-order valence-corrected chi connectivity index (χ3v) is 4.90. The molecule has 3 aromatic rings. The lowest BCUT2D eigenvalue weighted by atomic mass is 9.92. The number of piperazine rings is 1. The van der Waals surface area contributed by atoms with E-state index in [1.165, 1.54) is 0 Å². The summed E-state index contributed by atoms with van der Waals surface area (Å²) >= 11 is 0. The Balaban J connectivity index is 1.46. The summed E-state index contributed by atoms with van der Waals surface area (Å²) in [6, 6.07) is 8.04. The number of aromatic nitrogens is 6. The van der Waals surface area contributed by atoms with Crippen LogP contribution in [0.15, 0.2) is 36.7 Å². The molecule has 1 aliphatic rings. The molecule has 1 saturated heterocycles. The van der Waals surface area contributed by atoms with E-state index in [-0.39, 0.29) is 5.41 Å². The Kier molecular flexibility index (Phi) is 4.70. The molecule has 4 rings (SSSR count). The van der Waals surface area contributed by atoms with Crippen molar-refractivity contribution < 1.29 is 0 Å². The fourth-order valence-corrected chi connectivity index (χ4v) is 3.28. The van der Waals surface area contributed by atoms with E-state index >= 15 is 0 Å². The van der Waals surface area contributed by atoms with Gasteiger partial charge in [0.15, 0.2) is 11.6 Å². The molecular weight excluding hydrogens is 352 g/mol. The van der Waals surface area contributed by atoms with E-state index in [9.17, 15) is 0 Å². The van der Waals surface area contributed by atoms with E-state index in [0.29, 0.717) is 0 Å². The number of hydrogen-bond acceptors (Lipinski definition) is 7. The van der Waals surface area contributed by atoms with Gasteiger partial charge in [0.1, 0.15) is 11.6 Å². The number of anilines is 2. The first-order valence-electron chi connectivity index (χ1n) is 9.60. The van der Waals surface area contributed by atoms with Crippen LogP contribution in [0.4, 0.5) is 11.6 Å². The molecule has 0 bridgehead atoms. The standard InChI is InChI=1S/C20H26N8/c1-15-22-18(14-19(23-15)28-9-5-8-21-28)27-12-10-26(11-13-27)17-7-6-16(24-25-17)20(2,3)4/h5-9,14H,10-13H2,1-4H3. The van der Waals surface area contributed by atoms with Crippen LogP contribution in [0, 0.1) is 6.92 Å². The smallest absolute Gasteiger partial charge is 0.159 e. The zero-order chi connectivity index (χ0) is 19.7. The van der Waals surface area contributed by atoms with Gasteiger partial charge in [0.2, 0.25) is 0 Å². The largest absolute Gasteiger partial charge is 0.353 e. The molecule has 0 aliphatic carbocycles.